The van der Waals surface area contributed by atoms with Crippen LogP contribution >= 0.6 is 73.7 Å². The molecule has 6 rings (SSSR count). The van der Waals surface area contributed by atoms with Gasteiger partial charge in [0.2, 0.25) is 0 Å². The zero-order valence-corrected chi connectivity index (χ0v) is 42.9. The highest BCUT2D eigenvalue weighted by Crippen LogP contribution is 2.61. The van der Waals surface area contributed by atoms with Crippen molar-refractivity contribution in [3.8, 4) is 5.75 Å². The van der Waals surface area contributed by atoms with Crippen molar-refractivity contribution in [3.63, 3.8) is 0 Å². The molecule has 6 aromatic rings. The van der Waals surface area contributed by atoms with Crippen LogP contribution in [0.4, 0.5) is 0 Å². The summed E-state index contributed by atoms with van der Waals surface area (Å²) in [6.07, 6.45) is 0. The molecule has 0 aliphatic rings. The van der Waals surface area contributed by atoms with Crippen molar-refractivity contribution in [2.24, 2.45) is 0 Å². The molecule has 0 radical (unpaired) electrons. The molecule has 0 aliphatic heterocycles. The van der Waals surface area contributed by atoms with Crippen LogP contribution in [0.2, 0.25) is 15.2 Å². The summed E-state index contributed by atoms with van der Waals surface area (Å²) < 4.78 is 24.0. The number of nitrogens with zero attached hydrogens (tertiary/aromatic N) is 1. The second kappa shape index (κ2) is 34.0. The molecule has 0 saturated heterocycles. The number of nitrogens with one attached hydrogen (secondary N) is 2. The lowest BCUT2D eigenvalue weighted by Gasteiger charge is -2.09. The molecule has 3 aromatic carbocycles. The van der Waals surface area contributed by atoms with Gasteiger partial charge >= 0.3 is 23.1 Å². The molecule has 0 unspecified atom stereocenters. The van der Waals surface area contributed by atoms with Crippen LogP contribution in [0.1, 0.15) is 105 Å². The Hall–Kier alpha value is -5.43. The number of hydrogen-bond acceptors (Lipinski definition) is 14. The van der Waals surface area contributed by atoms with E-state index in [1.807, 2.05) is 57.2 Å². The van der Waals surface area contributed by atoms with Crippen LogP contribution in [0, 0.1) is 20.8 Å². The number of esters is 3. The number of H-pyrrole nitrogens is 2. The molecule has 394 valence electrons. The van der Waals surface area contributed by atoms with Crippen LogP contribution in [0.5, 0.6) is 5.75 Å². The average Bonchev–Trinajstić information content (AvgIpc) is 3.19. The van der Waals surface area contributed by atoms with E-state index in [1.165, 1.54) is 0 Å². The Morgan fingerprint density at radius 2 is 0.901 bits per heavy atom. The van der Waals surface area contributed by atoms with Crippen LogP contribution in [0.3, 0.4) is 0 Å². The minimum Gasteiger partial charge on any atom is -0.506 e. The van der Waals surface area contributed by atoms with E-state index >= 15 is 0 Å². The van der Waals surface area contributed by atoms with Gasteiger partial charge in [0, 0.05) is 35.5 Å². The van der Waals surface area contributed by atoms with E-state index in [-0.39, 0.29) is 85.9 Å². The standard InChI is InChI=1S/C13H11Cl2NO2.C13H12ClNO3.C13H13NO4.2C2H4O2.3CH4.Cl3OP.H3N/c1-3-18-13(17)10-11(14)8-6-7(2)4-5-9(8)16-12(10)15;1-3-18-13(17)10-11(14)8-6-7(2)4-5-9(8)15-12(10)16;1-3-18-13(17)10-11(15)8-6-7(2)4-5-9(8)14-12(10)16;2*1-2(3)4;;;;1-5(2,3)4;/h4-6H,3H2,1-2H3;4-6H,3H2,1-2H3,(H,15,16);4-6H,3H2,1-2H3,(H2,14,15,16);2*1H3,(H,3,4);3*1H4;;1H3. The Morgan fingerprint density at radius 1 is 0.592 bits per heavy atom. The highest BCUT2D eigenvalue weighted by molar-refractivity contribution is 8.24. The van der Waals surface area contributed by atoms with Gasteiger partial charge in [-0.05, 0) is 112 Å². The van der Waals surface area contributed by atoms with Gasteiger partial charge in [0.25, 0.3) is 23.1 Å². The lowest BCUT2D eigenvalue weighted by atomic mass is 10.1. The molecule has 71 heavy (non-hydrogen) atoms. The van der Waals surface area contributed by atoms with E-state index in [4.69, 9.17) is 68.8 Å². The van der Waals surface area contributed by atoms with Gasteiger partial charge in [-0.15, -0.1) is 0 Å². The summed E-state index contributed by atoms with van der Waals surface area (Å²) in [6, 6.07) is 16.2. The number of aromatic amines is 2. The number of aryl methyl sites for hydroxylation is 3. The number of halogens is 6. The van der Waals surface area contributed by atoms with Crippen LogP contribution < -0.4 is 17.3 Å². The Balaban J connectivity index is -0.000000411. The normalized spacial score (nSPS) is 9.61. The molecule has 18 nitrogen and oxygen atoms in total. The predicted molar refractivity (Wildman–Crippen MR) is 287 cm³/mol. The van der Waals surface area contributed by atoms with Crippen molar-refractivity contribution >= 4 is 136 Å². The fourth-order valence-corrected chi connectivity index (χ4v) is 6.17. The van der Waals surface area contributed by atoms with Crippen LogP contribution in [-0.4, -0.2) is 79.9 Å². The molecule has 0 amide bonds. The second-order valence-electron chi connectivity index (χ2n) is 13.1. The molecular weight excluding hydrogens is 1080 g/mol. The lowest BCUT2D eigenvalue weighted by molar-refractivity contribution is -0.135. The maximum atomic E-state index is 11.8. The third kappa shape index (κ3) is 24.0. The Kier molecular flexibility index (Phi) is 34.6. The number of aliphatic carboxylic acids is 2. The number of carbonyl (C=O) groups excluding carboxylic acids is 3. The average molecular weight is 1140 g/mol. The molecule has 0 spiro atoms. The Morgan fingerprint density at radius 3 is 1.31 bits per heavy atom. The van der Waals surface area contributed by atoms with Crippen molar-refractivity contribution in [1.82, 2.24) is 21.1 Å². The highest BCUT2D eigenvalue weighted by Gasteiger charge is 2.22. The Bertz CT molecular complexity index is 2800. The van der Waals surface area contributed by atoms with Crippen molar-refractivity contribution in [2.75, 3.05) is 19.8 Å². The zero-order valence-electron chi connectivity index (χ0n) is 37.5. The number of aromatic hydroxyl groups is 1. The SMILES string of the molecule is C.C.C.CC(=O)O.CC(=O)O.CCOC(=O)c1c(Cl)c2cc(C)ccc2[nH]c1=O.CCOC(=O)c1c(Cl)nc2ccc(C)cc2c1Cl.CCOC(=O)c1c(O)c2cc(C)ccc2[nH]c1=O.N.O=P(Cl)(Cl)Cl. The van der Waals surface area contributed by atoms with Crippen molar-refractivity contribution < 1.29 is 58.1 Å². The number of rotatable bonds is 6. The molecule has 3 heterocycles. The summed E-state index contributed by atoms with van der Waals surface area (Å²) in [6.45, 7) is 13.5. The van der Waals surface area contributed by atoms with Crippen LogP contribution in [-0.2, 0) is 28.4 Å². The Labute approximate surface area is 440 Å². The summed E-state index contributed by atoms with van der Waals surface area (Å²) in [4.78, 5) is 86.0. The van der Waals surface area contributed by atoms with Crippen LogP contribution in [0.15, 0.2) is 64.2 Å². The molecule has 0 fully saturated rings. The van der Waals surface area contributed by atoms with Crippen molar-refractivity contribution in [3.05, 3.63) is 124 Å². The van der Waals surface area contributed by atoms with E-state index in [0.29, 0.717) is 32.7 Å². The third-order valence-corrected chi connectivity index (χ3v) is 8.78. The third-order valence-electron chi connectivity index (χ3n) is 7.72. The molecule has 0 atom stereocenters. The number of benzene rings is 3. The molecule has 8 N–H and O–H groups in total. The number of carboxylic acid groups (broad SMARTS) is 2. The maximum Gasteiger partial charge on any atom is 0.347 e. The summed E-state index contributed by atoms with van der Waals surface area (Å²) in [5, 5.41) is 23.9. The van der Waals surface area contributed by atoms with Crippen LogP contribution in [0.25, 0.3) is 32.7 Å². The van der Waals surface area contributed by atoms with E-state index in [0.717, 1.165) is 30.5 Å². The minimum atomic E-state index is -3.22. The fourth-order valence-electron chi connectivity index (χ4n) is 5.22. The second-order valence-corrected chi connectivity index (χ2v) is 20.9. The van der Waals surface area contributed by atoms with Gasteiger partial charge in [-0.1, -0.05) is 92.0 Å². The van der Waals surface area contributed by atoms with E-state index in [2.05, 4.69) is 48.7 Å². The molecule has 25 heteroatoms. The van der Waals surface area contributed by atoms with Crippen molar-refractivity contribution in [1.29, 1.82) is 0 Å². The number of aromatic nitrogens is 3. The van der Waals surface area contributed by atoms with E-state index in [9.17, 15) is 33.6 Å². The molecule has 3 aromatic heterocycles. The first-order chi connectivity index (χ1) is 31.1. The predicted octanol–water partition coefficient (Wildman–Crippen LogP) is 13.5. The van der Waals surface area contributed by atoms with E-state index < -0.39 is 46.2 Å². The molecule has 0 saturated carbocycles. The quantitative estimate of drug-likeness (QED) is 0.0391. The molecular formula is C46H59Cl6N4O14P. The van der Waals surface area contributed by atoms with Gasteiger partial charge in [0.05, 0.1) is 40.9 Å². The van der Waals surface area contributed by atoms with Gasteiger partial charge in [-0.2, -0.15) is 0 Å². The number of pyridine rings is 3. The van der Waals surface area contributed by atoms with Gasteiger partial charge in [-0.3, -0.25) is 23.7 Å². The number of carboxylic acids is 2. The number of hydrogen-bond donors (Lipinski definition) is 6. The highest BCUT2D eigenvalue weighted by atomic mass is 36.0. The molecule has 0 bridgehead atoms. The monoisotopic (exact) mass is 1130 g/mol. The summed E-state index contributed by atoms with van der Waals surface area (Å²) in [7, 11) is 0. The number of carbonyl (C=O) groups is 5. The number of ether oxygens (including phenoxy) is 3. The first-order valence-electron chi connectivity index (χ1n) is 19.1. The lowest BCUT2D eigenvalue weighted by Crippen LogP contribution is -2.20. The minimum absolute atomic E-state index is 0. The van der Waals surface area contributed by atoms with Gasteiger partial charge < -0.3 is 45.6 Å². The van der Waals surface area contributed by atoms with Gasteiger partial charge in [0.1, 0.15) is 22.0 Å². The molecule has 0 aliphatic carbocycles. The first kappa shape index (κ1) is 72.1. The summed E-state index contributed by atoms with van der Waals surface area (Å²) in [5.74, 6) is -4.08. The first-order valence-corrected chi connectivity index (χ1v) is 24.7. The summed E-state index contributed by atoms with van der Waals surface area (Å²) in [5.41, 5.74) is 3.12. The largest absolute Gasteiger partial charge is 0.506 e. The smallest absolute Gasteiger partial charge is 0.347 e. The van der Waals surface area contributed by atoms with E-state index in [1.54, 1.807) is 39.0 Å². The van der Waals surface area contributed by atoms with Crippen molar-refractivity contribution in [2.45, 2.75) is 77.7 Å². The summed E-state index contributed by atoms with van der Waals surface area (Å²) >= 11 is 32.2. The van der Waals surface area contributed by atoms with Gasteiger partial charge in [0.15, 0.2) is 5.56 Å². The topological polar surface area (TPSA) is 304 Å². The van der Waals surface area contributed by atoms with Gasteiger partial charge in [-0.25, -0.2) is 19.4 Å². The number of fused-ring (bicyclic) bond motifs is 3. The maximum absolute atomic E-state index is 11.8. The fraction of sp³-hybridized carbons (Fsp3) is 0.304. The zero-order chi connectivity index (χ0) is 51.5.